The summed E-state index contributed by atoms with van der Waals surface area (Å²) >= 11 is 0. The molecule has 1 atom stereocenters. The number of ether oxygens (including phenoxy) is 1. The van der Waals surface area contributed by atoms with Crippen LogP contribution >= 0.6 is 0 Å². The minimum Gasteiger partial charge on any atom is -0.489 e. The number of rotatable bonds is 4. The maximum atomic E-state index is 6.31. The molecule has 0 saturated carbocycles. The van der Waals surface area contributed by atoms with Crippen LogP contribution in [-0.4, -0.2) is 62.2 Å². The van der Waals surface area contributed by atoms with Gasteiger partial charge in [-0.2, -0.15) is 0 Å². The van der Waals surface area contributed by atoms with E-state index in [0.717, 1.165) is 45.0 Å². The highest BCUT2D eigenvalue weighted by molar-refractivity contribution is 5.33. The van der Waals surface area contributed by atoms with Crippen LogP contribution in [0.3, 0.4) is 0 Å². The smallest absolute Gasteiger partial charge is 0.124 e. The third-order valence-corrected chi connectivity index (χ3v) is 4.45. The van der Waals surface area contributed by atoms with Gasteiger partial charge in [-0.1, -0.05) is 18.2 Å². The van der Waals surface area contributed by atoms with E-state index in [1.165, 1.54) is 24.9 Å². The number of piperidine rings is 1. The number of likely N-dealkylation sites (tertiary alicyclic amines) is 1. The van der Waals surface area contributed by atoms with Gasteiger partial charge in [0, 0.05) is 44.8 Å². The first kappa shape index (κ1) is 14.8. The van der Waals surface area contributed by atoms with E-state index >= 15 is 0 Å². The number of benzene rings is 1. The zero-order valence-corrected chi connectivity index (χ0v) is 13.1. The molecule has 2 saturated heterocycles. The Labute approximate surface area is 128 Å². The van der Waals surface area contributed by atoms with Crippen molar-refractivity contribution in [1.82, 2.24) is 15.1 Å². The van der Waals surface area contributed by atoms with Crippen LogP contribution in [0, 0.1) is 0 Å². The Balaban J connectivity index is 1.64. The molecule has 21 heavy (non-hydrogen) atoms. The predicted molar refractivity (Wildman–Crippen MR) is 85.7 cm³/mol. The summed E-state index contributed by atoms with van der Waals surface area (Å²) in [5.41, 5.74) is 1.33. The molecule has 4 nitrogen and oxygen atoms in total. The number of piperazine rings is 1. The molecule has 2 heterocycles. The second kappa shape index (κ2) is 7.25. The van der Waals surface area contributed by atoms with Crippen LogP contribution in [0.4, 0.5) is 0 Å². The molecular formula is C17H27N3O. The molecule has 0 aliphatic carbocycles. The average Bonchev–Trinajstić information content (AvgIpc) is 2.50. The Morgan fingerprint density at radius 2 is 2.00 bits per heavy atom. The first-order valence-electron chi connectivity index (χ1n) is 8.17. The van der Waals surface area contributed by atoms with Gasteiger partial charge >= 0.3 is 0 Å². The van der Waals surface area contributed by atoms with Gasteiger partial charge in [0.15, 0.2) is 0 Å². The Bertz CT molecular complexity index is 445. The average molecular weight is 289 g/mol. The standard InChI is InChI=1S/C17H27N3O/c1-19-10-4-6-16(14-19)21-17-7-3-2-5-15(17)13-20-11-8-18-9-12-20/h2-3,5,7,16,18H,4,6,8-14H2,1H3. The normalized spacial score (nSPS) is 24.9. The molecule has 0 amide bonds. The van der Waals surface area contributed by atoms with Crippen LogP contribution in [0.15, 0.2) is 24.3 Å². The van der Waals surface area contributed by atoms with E-state index in [1.54, 1.807) is 0 Å². The van der Waals surface area contributed by atoms with Crippen LogP contribution in [0.25, 0.3) is 0 Å². The summed E-state index contributed by atoms with van der Waals surface area (Å²) in [6.07, 6.45) is 2.75. The molecule has 4 heteroatoms. The zero-order valence-electron chi connectivity index (χ0n) is 13.1. The van der Waals surface area contributed by atoms with E-state index in [9.17, 15) is 0 Å². The summed E-state index contributed by atoms with van der Waals surface area (Å²) in [6, 6.07) is 8.55. The van der Waals surface area contributed by atoms with Crippen molar-refractivity contribution in [3.05, 3.63) is 29.8 Å². The Hall–Kier alpha value is -1.10. The number of hydrogen-bond acceptors (Lipinski definition) is 4. The number of nitrogens with one attached hydrogen (secondary N) is 1. The maximum absolute atomic E-state index is 6.31. The second-order valence-corrected chi connectivity index (χ2v) is 6.28. The third kappa shape index (κ3) is 4.19. The van der Waals surface area contributed by atoms with Crippen molar-refractivity contribution in [3.8, 4) is 5.75 Å². The first-order chi connectivity index (χ1) is 10.3. The lowest BCUT2D eigenvalue weighted by Gasteiger charge is -2.31. The van der Waals surface area contributed by atoms with E-state index in [0.29, 0.717) is 6.10 Å². The highest BCUT2D eigenvalue weighted by Gasteiger charge is 2.20. The van der Waals surface area contributed by atoms with Crippen molar-refractivity contribution in [3.63, 3.8) is 0 Å². The Morgan fingerprint density at radius 1 is 1.19 bits per heavy atom. The van der Waals surface area contributed by atoms with Crippen molar-refractivity contribution in [2.75, 3.05) is 46.3 Å². The van der Waals surface area contributed by atoms with Crippen LogP contribution in [0.2, 0.25) is 0 Å². The molecule has 116 valence electrons. The highest BCUT2D eigenvalue weighted by atomic mass is 16.5. The van der Waals surface area contributed by atoms with E-state index < -0.39 is 0 Å². The summed E-state index contributed by atoms with van der Waals surface area (Å²) < 4.78 is 6.31. The second-order valence-electron chi connectivity index (χ2n) is 6.28. The lowest BCUT2D eigenvalue weighted by atomic mass is 10.1. The largest absolute Gasteiger partial charge is 0.489 e. The summed E-state index contributed by atoms with van der Waals surface area (Å²) in [5, 5.41) is 3.41. The highest BCUT2D eigenvalue weighted by Crippen LogP contribution is 2.23. The molecule has 1 aromatic rings. The molecule has 1 N–H and O–H groups in total. The fourth-order valence-electron chi connectivity index (χ4n) is 3.25. The molecule has 2 fully saturated rings. The van der Waals surface area contributed by atoms with Gasteiger partial charge in [-0.15, -0.1) is 0 Å². The third-order valence-electron chi connectivity index (χ3n) is 4.45. The lowest BCUT2D eigenvalue weighted by Crippen LogP contribution is -2.43. The number of likely N-dealkylation sites (N-methyl/N-ethyl adjacent to an activating group) is 1. The number of para-hydroxylation sites is 1. The Kier molecular flexibility index (Phi) is 5.12. The molecule has 2 aliphatic heterocycles. The summed E-state index contributed by atoms with van der Waals surface area (Å²) in [7, 11) is 2.18. The van der Waals surface area contributed by atoms with Crippen molar-refractivity contribution in [2.45, 2.75) is 25.5 Å². The minimum atomic E-state index is 0.341. The van der Waals surface area contributed by atoms with Gasteiger partial charge < -0.3 is 15.0 Å². The van der Waals surface area contributed by atoms with Gasteiger partial charge in [-0.3, -0.25) is 4.90 Å². The van der Waals surface area contributed by atoms with Gasteiger partial charge in [0.2, 0.25) is 0 Å². The molecule has 1 unspecified atom stereocenters. The molecule has 0 radical (unpaired) electrons. The number of hydrogen-bond donors (Lipinski definition) is 1. The monoisotopic (exact) mass is 289 g/mol. The zero-order chi connectivity index (χ0) is 14.5. The molecular weight excluding hydrogens is 262 g/mol. The van der Waals surface area contributed by atoms with Gasteiger partial charge in [-0.05, 0) is 32.5 Å². The summed E-state index contributed by atoms with van der Waals surface area (Å²) in [5.74, 6) is 1.08. The van der Waals surface area contributed by atoms with Crippen LogP contribution in [-0.2, 0) is 6.54 Å². The minimum absolute atomic E-state index is 0.341. The van der Waals surface area contributed by atoms with Crippen LogP contribution in [0.5, 0.6) is 5.75 Å². The first-order valence-corrected chi connectivity index (χ1v) is 8.17. The molecule has 3 rings (SSSR count). The van der Waals surface area contributed by atoms with E-state index in [1.807, 2.05) is 0 Å². The predicted octanol–water partition coefficient (Wildman–Crippen LogP) is 1.56. The van der Waals surface area contributed by atoms with E-state index in [-0.39, 0.29) is 0 Å². The van der Waals surface area contributed by atoms with Crippen molar-refractivity contribution < 1.29 is 4.74 Å². The van der Waals surface area contributed by atoms with Crippen molar-refractivity contribution in [2.24, 2.45) is 0 Å². The van der Waals surface area contributed by atoms with E-state index in [4.69, 9.17) is 4.74 Å². The topological polar surface area (TPSA) is 27.7 Å². The molecule has 2 aliphatic rings. The Morgan fingerprint density at radius 3 is 2.81 bits per heavy atom. The number of nitrogens with zero attached hydrogens (tertiary/aromatic N) is 2. The van der Waals surface area contributed by atoms with Crippen LogP contribution in [0.1, 0.15) is 18.4 Å². The summed E-state index contributed by atoms with van der Waals surface area (Å²) in [6.45, 7) is 7.68. The fourth-order valence-corrected chi connectivity index (χ4v) is 3.25. The fraction of sp³-hybridized carbons (Fsp3) is 0.647. The molecule has 0 aromatic heterocycles. The quantitative estimate of drug-likeness (QED) is 0.910. The lowest BCUT2D eigenvalue weighted by molar-refractivity contribution is 0.102. The van der Waals surface area contributed by atoms with Crippen molar-refractivity contribution >= 4 is 0 Å². The van der Waals surface area contributed by atoms with Crippen molar-refractivity contribution in [1.29, 1.82) is 0 Å². The van der Waals surface area contributed by atoms with Gasteiger partial charge in [0.1, 0.15) is 11.9 Å². The SMILES string of the molecule is CN1CCCC(Oc2ccccc2CN2CCNCC2)C1. The van der Waals surface area contributed by atoms with Gasteiger partial charge in [0.25, 0.3) is 0 Å². The molecule has 0 bridgehead atoms. The maximum Gasteiger partial charge on any atom is 0.124 e. The molecule has 1 aromatic carbocycles. The summed E-state index contributed by atoms with van der Waals surface area (Å²) in [4.78, 5) is 4.87. The van der Waals surface area contributed by atoms with Crippen LogP contribution < -0.4 is 10.1 Å². The van der Waals surface area contributed by atoms with Gasteiger partial charge in [0.05, 0.1) is 0 Å². The van der Waals surface area contributed by atoms with E-state index in [2.05, 4.69) is 46.4 Å². The molecule has 0 spiro atoms. The van der Waals surface area contributed by atoms with Gasteiger partial charge in [-0.25, -0.2) is 0 Å².